The second kappa shape index (κ2) is 8.55. The van der Waals surface area contributed by atoms with Gasteiger partial charge in [0.05, 0.1) is 0 Å². The minimum absolute atomic E-state index is 0.751. The molecule has 0 radical (unpaired) electrons. The second-order valence-corrected chi connectivity index (χ2v) is 7.03. The van der Waals surface area contributed by atoms with E-state index in [-0.39, 0.29) is 0 Å². The van der Waals surface area contributed by atoms with E-state index in [1.807, 2.05) is 0 Å². The molecule has 1 aliphatic carbocycles. The third-order valence-corrected chi connectivity index (χ3v) is 4.85. The van der Waals surface area contributed by atoms with Crippen molar-refractivity contribution in [1.82, 2.24) is 10.2 Å². The maximum atomic E-state index is 3.78. The third kappa shape index (κ3) is 5.80. The Kier molecular flexibility index (Phi) is 6.72. The van der Waals surface area contributed by atoms with Crippen molar-refractivity contribution in [2.45, 2.75) is 52.1 Å². The van der Waals surface area contributed by atoms with Gasteiger partial charge in [-0.2, -0.15) is 0 Å². The van der Waals surface area contributed by atoms with E-state index in [0.717, 1.165) is 31.0 Å². The molecule has 1 N–H and O–H groups in total. The minimum Gasteiger partial charge on any atom is -0.314 e. The molecule has 2 rings (SSSR count). The Morgan fingerprint density at radius 1 is 1.14 bits per heavy atom. The van der Waals surface area contributed by atoms with E-state index < -0.39 is 0 Å². The van der Waals surface area contributed by atoms with Crippen LogP contribution in [-0.4, -0.2) is 31.1 Å². The average molecular weight is 288 g/mol. The maximum absolute atomic E-state index is 3.78. The lowest BCUT2D eigenvalue weighted by molar-refractivity contribution is 0.224. The largest absolute Gasteiger partial charge is 0.314 e. The number of hydrogen-bond acceptors (Lipinski definition) is 2. The molecular weight excluding hydrogens is 256 g/mol. The van der Waals surface area contributed by atoms with Crippen LogP contribution in [0.3, 0.4) is 0 Å². The molecule has 1 aliphatic rings. The zero-order chi connectivity index (χ0) is 15.1. The van der Waals surface area contributed by atoms with Crippen LogP contribution in [0.15, 0.2) is 30.3 Å². The Labute approximate surface area is 130 Å². The highest BCUT2D eigenvalue weighted by Gasteiger charge is 2.24. The number of hydrogen-bond donors (Lipinski definition) is 1. The summed E-state index contributed by atoms with van der Waals surface area (Å²) in [4.78, 5) is 2.42. The minimum atomic E-state index is 0.751. The molecule has 2 nitrogen and oxygen atoms in total. The van der Waals surface area contributed by atoms with Crippen molar-refractivity contribution in [3.8, 4) is 0 Å². The zero-order valence-corrected chi connectivity index (χ0v) is 14.0. The normalized spacial score (nSPS) is 26.2. The third-order valence-electron chi connectivity index (χ3n) is 4.85. The van der Waals surface area contributed by atoms with Crippen molar-refractivity contribution in [3.63, 3.8) is 0 Å². The molecule has 0 spiro atoms. The molecule has 3 atom stereocenters. The average Bonchev–Trinajstić information content (AvgIpc) is 2.46. The number of nitrogens with one attached hydrogen (secondary N) is 1. The second-order valence-electron chi connectivity index (χ2n) is 7.03. The summed E-state index contributed by atoms with van der Waals surface area (Å²) in [7, 11) is 2.22. The predicted molar refractivity (Wildman–Crippen MR) is 91.4 cm³/mol. The highest BCUT2D eigenvalue weighted by molar-refractivity contribution is 5.14. The van der Waals surface area contributed by atoms with Gasteiger partial charge < -0.3 is 10.2 Å². The van der Waals surface area contributed by atoms with Gasteiger partial charge in [0, 0.05) is 12.6 Å². The first-order valence-electron chi connectivity index (χ1n) is 8.61. The first-order valence-corrected chi connectivity index (χ1v) is 8.61. The van der Waals surface area contributed by atoms with Gasteiger partial charge in [0.15, 0.2) is 0 Å². The van der Waals surface area contributed by atoms with Crippen molar-refractivity contribution < 1.29 is 0 Å². The Bertz CT molecular complexity index is 390. The van der Waals surface area contributed by atoms with Gasteiger partial charge in [-0.1, -0.05) is 44.2 Å². The van der Waals surface area contributed by atoms with Gasteiger partial charge in [-0.3, -0.25) is 0 Å². The van der Waals surface area contributed by atoms with Gasteiger partial charge in [-0.25, -0.2) is 0 Å². The van der Waals surface area contributed by atoms with Crippen LogP contribution in [0.2, 0.25) is 0 Å². The highest BCUT2D eigenvalue weighted by atomic mass is 15.1. The van der Waals surface area contributed by atoms with E-state index in [2.05, 4.69) is 61.4 Å². The van der Waals surface area contributed by atoms with E-state index >= 15 is 0 Å². The first kappa shape index (κ1) is 16.5. The zero-order valence-electron chi connectivity index (χ0n) is 14.0. The van der Waals surface area contributed by atoms with Crippen molar-refractivity contribution in [2.75, 3.05) is 20.1 Å². The summed E-state index contributed by atoms with van der Waals surface area (Å²) in [5.41, 5.74) is 1.41. The van der Waals surface area contributed by atoms with Crippen molar-refractivity contribution in [3.05, 3.63) is 35.9 Å². The summed E-state index contributed by atoms with van der Waals surface area (Å²) in [6.45, 7) is 8.18. The lowest BCUT2D eigenvalue weighted by Crippen LogP contribution is -2.40. The quantitative estimate of drug-likeness (QED) is 0.765. The molecule has 118 valence electrons. The molecule has 0 aromatic heterocycles. The summed E-state index contributed by atoms with van der Waals surface area (Å²) < 4.78 is 0. The number of nitrogens with zero attached hydrogens (tertiary/aromatic N) is 1. The van der Waals surface area contributed by atoms with Crippen LogP contribution in [0.25, 0.3) is 0 Å². The summed E-state index contributed by atoms with van der Waals surface area (Å²) in [6.07, 6.45) is 5.39. The van der Waals surface area contributed by atoms with E-state index in [4.69, 9.17) is 0 Å². The summed E-state index contributed by atoms with van der Waals surface area (Å²) in [6, 6.07) is 11.5. The monoisotopic (exact) mass is 288 g/mol. The topological polar surface area (TPSA) is 15.3 Å². The molecule has 0 aliphatic heterocycles. The van der Waals surface area contributed by atoms with E-state index in [1.165, 1.54) is 37.8 Å². The van der Waals surface area contributed by atoms with Gasteiger partial charge in [-0.05, 0) is 63.2 Å². The number of rotatable bonds is 7. The lowest BCUT2D eigenvalue weighted by Gasteiger charge is -2.33. The van der Waals surface area contributed by atoms with Crippen molar-refractivity contribution >= 4 is 0 Å². The maximum Gasteiger partial charge on any atom is 0.0230 e. The SMILES string of the molecule is CC1CCC(NCCCN(C)Cc2ccccc2)C(C)C1. The van der Waals surface area contributed by atoms with Crippen molar-refractivity contribution in [1.29, 1.82) is 0 Å². The van der Waals surface area contributed by atoms with Gasteiger partial charge in [0.1, 0.15) is 0 Å². The van der Waals surface area contributed by atoms with E-state index in [9.17, 15) is 0 Å². The molecule has 1 fully saturated rings. The smallest absolute Gasteiger partial charge is 0.0230 e. The van der Waals surface area contributed by atoms with Gasteiger partial charge >= 0.3 is 0 Å². The molecule has 21 heavy (non-hydrogen) atoms. The molecule has 0 amide bonds. The summed E-state index contributed by atoms with van der Waals surface area (Å²) in [5.74, 6) is 1.77. The van der Waals surface area contributed by atoms with Crippen LogP contribution >= 0.6 is 0 Å². The van der Waals surface area contributed by atoms with Crippen LogP contribution in [0.5, 0.6) is 0 Å². The van der Waals surface area contributed by atoms with Gasteiger partial charge in [-0.15, -0.1) is 0 Å². The van der Waals surface area contributed by atoms with Gasteiger partial charge in [0.25, 0.3) is 0 Å². The molecule has 1 aromatic rings. The Hall–Kier alpha value is -0.860. The molecule has 1 aromatic carbocycles. The fourth-order valence-electron chi connectivity index (χ4n) is 3.58. The molecule has 0 bridgehead atoms. The summed E-state index contributed by atoms with van der Waals surface area (Å²) in [5, 5.41) is 3.78. The van der Waals surface area contributed by atoms with Crippen LogP contribution in [-0.2, 0) is 6.54 Å². The molecule has 0 saturated heterocycles. The fourth-order valence-corrected chi connectivity index (χ4v) is 3.58. The molecule has 2 heteroatoms. The van der Waals surface area contributed by atoms with Crippen LogP contribution < -0.4 is 5.32 Å². The molecular formula is C19H32N2. The Balaban J connectivity index is 1.59. The molecule has 1 saturated carbocycles. The van der Waals surface area contributed by atoms with Gasteiger partial charge in [0.2, 0.25) is 0 Å². The van der Waals surface area contributed by atoms with Crippen molar-refractivity contribution in [2.24, 2.45) is 11.8 Å². The predicted octanol–water partition coefficient (Wildman–Crippen LogP) is 3.92. The van der Waals surface area contributed by atoms with E-state index in [1.54, 1.807) is 0 Å². The Morgan fingerprint density at radius 2 is 1.90 bits per heavy atom. The van der Waals surface area contributed by atoms with E-state index in [0.29, 0.717) is 0 Å². The Morgan fingerprint density at radius 3 is 2.62 bits per heavy atom. The lowest BCUT2D eigenvalue weighted by atomic mass is 9.80. The van der Waals surface area contributed by atoms with Crippen LogP contribution in [0.4, 0.5) is 0 Å². The highest BCUT2D eigenvalue weighted by Crippen LogP contribution is 2.28. The molecule has 0 heterocycles. The van der Waals surface area contributed by atoms with Crippen LogP contribution in [0.1, 0.15) is 45.1 Å². The number of benzene rings is 1. The summed E-state index contributed by atoms with van der Waals surface area (Å²) >= 11 is 0. The van der Waals surface area contributed by atoms with Crippen LogP contribution in [0, 0.1) is 11.8 Å². The first-order chi connectivity index (χ1) is 10.1. The fraction of sp³-hybridized carbons (Fsp3) is 0.684. The molecule has 3 unspecified atom stereocenters. The standard InChI is InChI=1S/C19H32N2/c1-16-10-11-19(17(2)14-16)20-12-7-13-21(3)15-18-8-5-4-6-9-18/h4-6,8-9,16-17,19-20H,7,10-15H2,1-3H3.